The highest BCUT2D eigenvalue weighted by Crippen LogP contribution is 2.22. The van der Waals surface area contributed by atoms with Gasteiger partial charge in [-0.25, -0.2) is 9.48 Å². The summed E-state index contributed by atoms with van der Waals surface area (Å²) < 4.78 is 6.73. The van der Waals surface area contributed by atoms with Gasteiger partial charge in [0.25, 0.3) is 0 Å². The fourth-order valence-electron chi connectivity index (χ4n) is 2.90. The zero-order valence-corrected chi connectivity index (χ0v) is 15.3. The standard InChI is InChI=1S/C22H18N4O2/c1-2-28-22(27)20-14-18(13-12-16-8-4-3-5-9-16)26(25-20)21-19-11-7-6-10-17(19)15-23-24-21/h3-15H,2H2,1H3. The lowest BCUT2D eigenvalue weighted by Crippen LogP contribution is -2.08. The molecule has 0 aliphatic heterocycles. The van der Waals surface area contributed by atoms with Crippen molar-refractivity contribution in [2.24, 2.45) is 0 Å². The Hall–Kier alpha value is -3.80. The van der Waals surface area contributed by atoms with Crippen LogP contribution in [0.2, 0.25) is 0 Å². The molecule has 0 radical (unpaired) electrons. The summed E-state index contributed by atoms with van der Waals surface area (Å²) in [5, 5.41) is 14.7. The Balaban J connectivity index is 1.85. The first-order chi connectivity index (χ1) is 13.8. The van der Waals surface area contributed by atoms with E-state index in [1.165, 1.54) is 0 Å². The Bertz CT molecular complexity index is 1140. The molecular formula is C22H18N4O2. The Morgan fingerprint density at radius 3 is 2.68 bits per heavy atom. The molecule has 0 bridgehead atoms. The molecule has 2 aromatic heterocycles. The molecule has 0 saturated carbocycles. The van der Waals surface area contributed by atoms with E-state index in [1.54, 1.807) is 23.9 Å². The topological polar surface area (TPSA) is 69.9 Å². The van der Waals surface area contributed by atoms with Gasteiger partial charge in [-0.1, -0.05) is 60.7 Å². The molecule has 0 aliphatic carbocycles. The SMILES string of the molecule is CCOC(=O)c1cc(C=Cc2ccccc2)n(-c2nncc3ccccc23)n1. The zero-order valence-electron chi connectivity index (χ0n) is 15.3. The number of hydrogen-bond donors (Lipinski definition) is 0. The van der Waals surface area contributed by atoms with E-state index >= 15 is 0 Å². The third-order valence-electron chi connectivity index (χ3n) is 4.22. The van der Waals surface area contributed by atoms with Crippen molar-refractivity contribution >= 4 is 28.9 Å². The van der Waals surface area contributed by atoms with Gasteiger partial charge in [-0.05, 0) is 24.6 Å². The largest absolute Gasteiger partial charge is 0.461 e. The first-order valence-corrected chi connectivity index (χ1v) is 8.97. The number of hydrogen-bond acceptors (Lipinski definition) is 5. The van der Waals surface area contributed by atoms with Gasteiger partial charge in [-0.3, -0.25) is 0 Å². The monoisotopic (exact) mass is 370 g/mol. The molecule has 28 heavy (non-hydrogen) atoms. The lowest BCUT2D eigenvalue weighted by atomic mass is 10.2. The summed E-state index contributed by atoms with van der Waals surface area (Å²) in [5.41, 5.74) is 1.97. The number of rotatable bonds is 5. The van der Waals surface area contributed by atoms with Gasteiger partial charge in [0.1, 0.15) is 0 Å². The van der Waals surface area contributed by atoms with Crippen LogP contribution in [-0.4, -0.2) is 32.6 Å². The number of esters is 1. The lowest BCUT2D eigenvalue weighted by molar-refractivity contribution is 0.0519. The molecule has 0 aliphatic rings. The molecule has 2 heterocycles. The summed E-state index contributed by atoms with van der Waals surface area (Å²) in [6, 6.07) is 19.4. The average Bonchev–Trinajstić information content (AvgIpc) is 3.17. The Morgan fingerprint density at radius 1 is 1.07 bits per heavy atom. The van der Waals surface area contributed by atoms with Crippen molar-refractivity contribution < 1.29 is 9.53 Å². The predicted octanol–water partition coefficient (Wildman–Crippen LogP) is 4.16. The van der Waals surface area contributed by atoms with Crippen molar-refractivity contribution in [3.63, 3.8) is 0 Å². The molecule has 0 fully saturated rings. The van der Waals surface area contributed by atoms with Gasteiger partial charge in [-0.15, -0.1) is 5.10 Å². The molecule has 2 aromatic carbocycles. The minimum absolute atomic E-state index is 0.226. The van der Waals surface area contributed by atoms with Crippen LogP contribution in [0.1, 0.15) is 28.7 Å². The molecule has 6 heteroatoms. The van der Waals surface area contributed by atoms with Crippen molar-refractivity contribution in [3.8, 4) is 5.82 Å². The van der Waals surface area contributed by atoms with Crippen LogP contribution < -0.4 is 0 Å². The van der Waals surface area contributed by atoms with E-state index in [0.717, 1.165) is 16.3 Å². The molecule has 138 valence electrons. The van der Waals surface area contributed by atoms with Crippen LogP contribution in [0.15, 0.2) is 66.9 Å². The van der Waals surface area contributed by atoms with Gasteiger partial charge in [0.15, 0.2) is 11.5 Å². The number of aromatic nitrogens is 4. The van der Waals surface area contributed by atoms with Crippen LogP contribution in [0.5, 0.6) is 0 Å². The quantitative estimate of drug-likeness (QED) is 0.493. The molecule has 0 unspecified atom stereocenters. The van der Waals surface area contributed by atoms with E-state index in [2.05, 4.69) is 15.3 Å². The van der Waals surface area contributed by atoms with Gasteiger partial charge in [0.2, 0.25) is 0 Å². The Kier molecular flexibility index (Phi) is 4.93. The maximum atomic E-state index is 12.2. The fraction of sp³-hybridized carbons (Fsp3) is 0.0909. The summed E-state index contributed by atoms with van der Waals surface area (Å²) in [4.78, 5) is 12.2. The molecule has 0 spiro atoms. The summed E-state index contributed by atoms with van der Waals surface area (Å²) >= 11 is 0. The number of benzene rings is 2. The minimum atomic E-state index is -0.469. The van der Waals surface area contributed by atoms with Crippen LogP contribution in [0.25, 0.3) is 28.7 Å². The molecule has 6 nitrogen and oxygen atoms in total. The van der Waals surface area contributed by atoms with Crippen molar-refractivity contribution in [1.82, 2.24) is 20.0 Å². The van der Waals surface area contributed by atoms with Crippen molar-refractivity contribution in [2.75, 3.05) is 6.61 Å². The second kappa shape index (κ2) is 7.84. The second-order valence-corrected chi connectivity index (χ2v) is 6.09. The van der Waals surface area contributed by atoms with Gasteiger partial charge >= 0.3 is 5.97 Å². The van der Waals surface area contributed by atoms with E-state index in [4.69, 9.17) is 4.74 Å². The van der Waals surface area contributed by atoms with Crippen LogP contribution in [-0.2, 0) is 4.74 Å². The number of carbonyl (C=O) groups is 1. The average molecular weight is 370 g/mol. The maximum Gasteiger partial charge on any atom is 0.358 e. The van der Waals surface area contributed by atoms with E-state index < -0.39 is 5.97 Å². The molecule has 0 atom stereocenters. The molecule has 0 saturated heterocycles. The van der Waals surface area contributed by atoms with E-state index in [1.807, 2.05) is 66.7 Å². The highest BCUT2D eigenvalue weighted by atomic mass is 16.5. The van der Waals surface area contributed by atoms with Crippen LogP contribution in [0.3, 0.4) is 0 Å². The number of carbonyl (C=O) groups excluding carboxylic acids is 1. The van der Waals surface area contributed by atoms with Crippen LogP contribution >= 0.6 is 0 Å². The summed E-state index contributed by atoms with van der Waals surface area (Å²) in [5.74, 6) is 0.0881. The van der Waals surface area contributed by atoms with Gasteiger partial charge in [-0.2, -0.15) is 10.2 Å². The highest BCUT2D eigenvalue weighted by Gasteiger charge is 2.17. The second-order valence-electron chi connectivity index (χ2n) is 6.09. The lowest BCUT2D eigenvalue weighted by Gasteiger charge is -2.06. The van der Waals surface area contributed by atoms with Crippen molar-refractivity contribution in [1.29, 1.82) is 0 Å². The van der Waals surface area contributed by atoms with E-state index in [-0.39, 0.29) is 12.3 Å². The van der Waals surface area contributed by atoms with Gasteiger partial charge in [0, 0.05) is 10.8 Å². The fourth-order valence-corrected chi connectivity index (χ4v) is 2.90. The van der Waals surface area contributed by atoms with Crippen molar-refractivity contribution in [3.05, 3.63) is 83.8 Å². The molecule has 4 rings (SSSR count). The third kappa shape index (κ3) is 3.53. The molecular weight excluding hydrogens is 352 g/mol. The number of ether oxygens (including phenoxy) is 1. The molecule has 4 aromatic rings. The molecule has 0 amide bonds. The van der Waals surface area contributed by atoms with Crippen molar-refractivity contribution in [2.45, 2.75) is 6.92 Å². The minimum Gasteiger partial charge on any atom is -0.461 e. The number of nitrogens with zero attached hydrogens (tertiary/aromatic N) is 4. The van der Waals surface area contributed by atoms with Gasteiger partial charge < -0.3 is 4.74 Å². The summed E-state index contributed by atoms with van der Waals surface area (Å²) in [6.07, 6.45) is 5.56. The summed E-state index contributed by atoms with van der Waals surface area (Å²) in [7, 11) is 0. The molecule has 0 N–H and O–H groups in total. The number of fused-ring (bicyclic) bond motifs is 1. The van der Waals surface area contributed by atoms with Gasteiger partial charge in [0.05, 0.1) is 18.5 Å². The third-order valence-corrected chi connectivity index (χ3v) is 4.22. The Labute approximate surface area is 162 Å². The highest BCUT2D eigenvalue weighted by molar-refractivity contribution is 5.90. The van der Waals surface area contributed by atoms with E-state index in [0.29, 0.717) is 11.5 Å². The predicted molar refractivity (Wildman–Crippen MR) is 108 cm³/mol. The maximum absolute atomic E-state index is 12.2. The van der Waals surface area contributed by atoms with Crippen LogP contribution in [0.4, 0.5) is 0 Å². The van der Waals surface area contributed by atoms with Crippen LogP contribution in [0, 0.1) is 0 Å². The Morgan fingerprint density at radius 2 is 1.86 bits per heavy atom. The summed E-state index contributed by atoms with van der Waals surface area (Å²) in [6.45, 7) is 2.05. The van der Waals surface area contributed by atoms with E-state index in [9.17, 15) is 4.79 Å². The first-order valence-electron chi connectivity index (χ1n) is 8.97. The first kappa shape index (κ1) is 17.6. The normalized spacial score (nSPS) is 11.2. The smallest absolute Gasteiger partial charge is 0.358 e. The zero-order chi connectivity index (χ0) is 19.3.